The molecule has 0 spiro atoms. The second kappa shape index (κ2) is 10.3. The summed E-state index contributed by atoms with van der Waals surface area (Å²) in [5.74, 6) is 1.48. The van der Waals surface area contributed by atoms with Gasteiger partial charge in [0, 0.05) is 37.6 Å². The molecule has 0 aliphatic heterocycles. The predicted octanol–water partition coefficient (Wildman–Crippen LogP) is 2.20. The molecule has 24 heavy (non-hydrogen) atoms. The van der Waals surface area contributed by atoms with Crippen LogP contribution in [0.3, 0.4) is 0 Å². The summed E-state index contributed by atoms with van der Waals surface area (Å²) >= 11 is 1.68. The predicted molar refractivity (Wildman–Crippen MR) is 99.3 cm³/mol. The van der Waals surface area contributed by atoms with E-state index in [-0.39, 0.29) is 5.91 Å². The van der Waals surface area contributed by atoms with E-state index in [1.807, 2.05) is 13.1 Å². The fourth-order valence-electron chi connectivity index (χ4n) is 2.97. The Morgan fingerprint density at radius 1 is 1.25 bits per heavy atom. The lowest BCUT2D eigenvalue weighted by atomic mass is 9.87. The highest BCUT2D eigenvalue weighted by molar-refractivity contribution is 7.11. The zero-order valence-corrected chi connectivity index (χ0v) is 15.5. The molecule has 3 N–H and O–H groups in total. The maximum absolute atomic E-state index is 11.9. The Morgan fingerprint density at radius 2 is 2.00 bits per heavy atom. The number of carbonyl (C=O) groups excluding carboxylic acids is 1. The van der Waals surface area contributed by atoms with E-state index in [1.165, 1.54) is 37.0 Å². The average molecular weight is 352 g/mol. The number of amides is 1. The van der Waals surface area contributed by atoms with Gasteiger partial charge in [-0.2, -0.15) is 0 Å². The number of carbonyl (C=O) groups is 1. The fourth-order valence-corrected chi connectivity index (χ4v) is 3.70. The van der Waals surface area contributed by atoms with Gasteiger partial charge in [0.2, 0.25) is 5.91 Å². The van der Waals surface area contributed by atoms with Crippen molar-refractivity contribution in [3.05, 3.63) is 16.1 Å². The molecular weight excluding hydrogens is 322 g/mol. The molecule has 0 bridgehead atoms. The minimum absolute atomic E-state index is 0.171. The van der Waals surface area contributed by atoms with E-state index >= 15 is 0 Å². The van der Waals surface area contributed by atoms with Crippen LogP contribution in [0.4, 0.5) is 0 Å². The lowest BCUT2D eigenvalue weighted by Gasteiger charge is -2.20. The lowest BCUT2D eigenvalue weighted by Crippen LogP contribution is -2.41. The van der Waals surface area contributed by atoms with E-state index in [2.05, 4.69) is 25.9 Å². The molecule has 0 unspecified atom stereocenters. The van der Waals surface area contributed by atoms with Crippen LogP contribution in [0.15, 0.2) is 11.2 Å². The minimum atomic E-state index is 0.171. The molecule has 1 fully saturated rings. The molecule has 1 aromatic rings. The van der Waals surface area contributed by atoms with Crippen LogP contribution in [0.2, 0.25) is 0 Å². The van der Waals surface area contributed by atoms with E-state index < -0.39 is 0 Å². The summed E-state index contributed by atoms with van der Waals surface area (Å²) < 4.78 is 0. The second-order valence-corrected chi connectivity index (χ2v) is 7.59. The van der Waals surface area contributed by atoms with Gasteiger partial charge in [0.1, 0.15) is 5.01 Å². The zero-order chi connectivity index (χ0) is 17.2. The molecule has 1 amide bonds. The molecule has 0 atom stereocenters. The number of rotatable bonds is 7. The average Bonchev–Trinajstić information content (AvgIpc) is 3.00. The Morgan fingerprint density at radius 3 is 2.67 bits per heavy atom. The quantitative estimate of drug-likeness (QED) is 0.400. The standard InChI is InChI=1S/C17H29N5OS/c1-13-11-21-16(24-13)12-22-17(18-2)20-9-8-19-15(23)10-14-6-4-3-5-7-14/h11,14H,3-10,12H2,1-2H3,(H,19,23)(H2,18,20,22). The van der Waals surface area contributed by atoms with Gasteiger partial charge in [0.15, 0.2) is 5.96 Å². The molecule has 0 radical (unpaired) electrons. The van der Waals surface area contributed by atoms with Gasteiger partial charge < -0.3 is 16.0 Å². The van der Waals surface area contributed by atoms with Gasteiger partial charge >= 0.3 is 0 Å². The van der Waals surface area contributed by atoms with Crippen molar-refractivity contribution in [3.8, 4) is 0 Å². The molecular formula is C17H29N5OS. The van der Waals surface area contributed by atoms with Crippen molar-refractivity contribution in [1.82, 2.24) is 20.9 Å². The van der Waals surface area contributed by atoms with Crippen LogP contribution in [0.1, 0.15) is 48.4 Å². The molecule has 6 nitrogen and oxygen atoms in total. The molecule has 0 aromatic carbocycles. The van der Waals surface area contributed by atoms with Crippen molar-refractivity contribution in [3.63, 3.8) is 0 Å². The van der Waals surface area contributed by atoms with Crippen molar-refractivity contribution in [2.45, 2.75) is 52.0 Å². The first-order chi connectivity index (χ1) is 11.7. The smallest absolute Gasteiger partial charge is 0.220 e. The molecule has 1 aliphatic rings. The van der Waals surface area contributed by atoms with E-state index in [0.29, 0.717) is 32.0 Å². The molecule has 2 rings (SSSR count). The van der Waals surface area contributed by atoms with Crippen molar-refractivity contribution in [1.29, 1.82) is 0 Å². The van der Waals surface area contributed by atoms with Gasteiger partial charge in [-0.15, -0.1) is 11.3 Å². The molecule has 0 saturated heterocycles. The molecule has 1 saturated carbocycles. The van der Waals surface area contributed by atoms with E-state index in [0.717, 1.165) is 11.0 Å². The van der Waals surface area contributed by atoms with Crippen LogP contribution in [0, 0.1) is 12.8 Å². The number of nitrogens with one attached hydrogen (secondary N) is 3. The van der Waals surface area contributed by atoms with Gasteiger partial charge in [-0.25, -0.2) is 4.98 Å². The van der Waals surface area contributed by atoms with Crippen molar-refractivity contribution in [2.75, 3.05) is 20.1 Å². The maximum atomic E-state index is 11.9. The third-order valence-corrected chi connectivity index (χ3v) is 5.15. The largest absolute Gasteiger partial charge is 0.355 e. The first-order valence-corrected chi connectivity index (χ1v) is 9.61. The summed E-state index contributed by atoms with van der Waals surface area (Å²) in [4.78, 5) is 21.6. The van der Waals surface area contributed by atoms with Crippen LogP contribution in [-0.2, 0) is 11.3 Å². The molecule has 1 aromatic heterocycles. The molecule has 1 heterocycles. The topological polar surface area (TPSA) is 78.4 Å². The molecule has 134 valence electrons. The number of guanidine groups is 1. The highest BCUT2D eigenvalue weighted by atomic mass is 32.1. The minimum Gasteiger partial charge on any atom is -0.355 e. The third kappa shape index (κ3) is 6.86. The monoisotopic (exact) mass is 351 g/mol. The normalized spacial score (nSPS) is 16.0. The van der Waals surface area contributed by atoms with Crippen LogP contribution in [-0.4, -0.2) is 37.0 Å². The Kier molecular flexibility index (Phi) is 8.01. The van der Waals surface area contributed by atoms with Crippen LogP contribution < -0.4 is 16.0 Å². The summed E-state index contributed by atoms with van der Waals surface area (Å²) in [6.45, 7) is 3.98. The van der Waals surface area contributed by atoms with Crippen LogP contribution >= 0.6 is 11.3 Å². The first kappa shape index (κ1) is 18.7. The summed E-state index contributed by atoms with van der Waals surface area (Å²) in [6, 6.07) is 0. The van der Waals surface area contributed by atoms with Crippen LogP contribution in [0.5, 0.6) is 0 Å². The second-order valence-electron chi connectivity index (χ2n) is 6.28. The molecule has 1 aliphatic carbocycles. The number of aromatic nitrogens is 1. The number of hydrogen-bond acceptors (Lipinski definition) is 4. The van der Waals surface area contributed by atoms with Crippen LogP contribution in [0.25, 0.3) is 0 Å². The SMILES string of the molecule is CN=C(NCCNC(=O)CC1CCCCC1)NCc1ncc(C)s1. The highest BCUT2D eigenvalue weighted by Crippen LogP contribution is 2.25. The maximum Gasteiger partial charge on any atom is 0.220 e. The first-order valence-electron chi connectivity index (χ1n) is 8.80. The van der Waals surface area contributed by atoms with E-state index in [1.54, 1.807) is 18.4 Å². The Balaban J connectivity index is 1.57. The van der Waals surface area contributed by atoms with Gasteiger partial charge in [0.25, 0.3) is 0 Å². The third-order valence-electron chi connectivity index (χ3n) is 4.24. The van der Waals surface area contributed by atoms with E-state index in [9.17, 15) is 4.79 Å². The number of aliphatic imine (C=N–C) groups is 1. The summed E-state index contributed by atoms with van der Waals surface area (Å²) in [5, 5.41) is 10.5. The van der Waals surface area contributed by atoms with Gasteiger partial charge in [0.05, 0.1) is 6.54 Å². The van der Waals surface area contributed by atoms with Crippen molar-refractivity contribution < 1.29 is 4.79 Å². The Hall–Kier alpha value is -1.63. The van der Waals surface area contributed by atoms with Crippen molar-refractivity contribution in [2.24, 2.45) is 10.9 Å². The number of nitrogens with zero attached hydrogens (tertiary/aromatic N) is 2. The highest BCUT2D eigenvalue weighted by Gasteiger charge is 2.16. The Bertz CT molecular complexity index is 537. The number of thiazole rings is 1. The number of hydrogen-bond donors (Lipinski definition) is 3. The van der Waals surface area contributed by atoms with Gasteiger partial charge in [-0.3, -0.25) is 9.79 Å². The van der Waals surface area contributed by atoms with Gasteiger partial charge in [-0.1, -0.05) is 19.3 Å². The van der Waals surface area contributed by atoms with E-state index in [4.69, 9.17) is 0 Å². The Labute approximate surface area is 148 Å². The number of aryl methyl sites for hydroxylation is 1. The fraction of sp³-hybridized carbons (Fsp3) is 0.706. The summed E-state index contributed by atoms with van der Waals surface area (Å²) in [5.41, 5.74) is 0. The van der Waals surface area contributed by atoms with Gasteiger partial charge in [-0.05, 0) is 25.7 Å². The molecule has 7 heteroatoms. The summed E-state index contributed by atoms with van der Waals surface area (Å²) in [6.07, 6.45) is 8.85. The lowest BCUT2D eigenvalue weighted by molar-refractivity contribution is -0.122. The van der Waals surface area contributed by atoms with Crippen molar-refractivity contribution >= 4 is 23.2 Å². The zero-order valence-electron chi connectivity index (χ0n) is 14.7. The summed E-state index contributed by atoms with van der Waals surface area (Å²) in [7, 11) is 1.74.